The van der Waals surface area contributed by atoms with Crippen LogP contribution in [0.2, 0.25) is 0 Å². The number of hydrogen-bond donors (Lipinski definition) is 0. The van der Waals surface area contributed by atoms with E-state index in [1.165, 1.54) is 19.4 Å². The van der Waals surface area contributed by atoms with E-state index in [4.69, 9.17) is 18.9 Å². The topological polar surface area (TPSA) is 88.1 Å². The Balaban J connectivity index is 1.36. The van der Waals surface area contributed by atoms with Crippen molar-refractivity contribution in [3.8, 4) is 28.4 Å². The second-order valence-electron chi connectivity index (χ2n) is 12.6. The molecule has 1 aliphatic heterocycles. The standard InChI is InChI=1S/C34H39FO7S/c1-20-13-24(41-18-34(3,4)19-43(6,37)38)14-21(2)32(20)26-9-11-28(35)33-27(26)10-12-29(33)42-23-7-8-25-22(15-31(36)39-5)17-40-30(25)16-23/h7-9,11,13-14,16,22,29H,10,12,15,17-19H2,1-6H3/t22?,29-/m1/s1. The summed E-state index contributed by atoms with van der Waals surface area (Å²) in [7, 11) is -1.76. The first-order valence-electron chi connectivity index (χ1n) is 14.5. The number of halogens is 1. The van der Waals surface area contributed by atoms with Crippen molar-refractivity contribution in [1.82, 2.24) is 0 Å². The zero-order valence-corrected chi connectivity index (χ0v) is 26.4. The highest BCUT2D eigenvalue weighted by atomic mass is 32.2. The molecule has 2 atom stereocenters. The summed E-state index contributed by atoms with van der Waals surface area (Å²) >= 11 is 0. The molecule has 1 heterocycles. The lowest BCUT2D eigenvalue weighted by atomic mass is 9.90. The van der Waals surface area contributed by atoms with E-state index in [1.54, 1.807) is 0 Å². The average Bonchev–Trinajstić information content (AvgIpc) is 3.51. The quantitative estimate of drug-likeness (QED) is 0.237. The highest BCUT2D eigenvalue weighted by molar-refractivity contribution is 7.90. The van der Waals surface area contributed by atoms with Gasteiger partial charge < -0.3 is 18.9 Å². The van der Waals surface area contributed by atoms with E-state index in [1.807, 2.05) is 64.1 Å². The number of esters is 1. The number of fused-ring (bicyclic) bond motifs is 2. The van der Waals surface area contributed by atoms with Gasteiger partial charge in [-0.15, -0.1) is 0 Å². The van der Waals surface area contributed by atoms with Crippen molar-refractivity contribution in [2.45, 2.75) is 59.0 Å². The molecule has 5 rings (SSSR count). The van der Waals surface area contributed by atoms with E-state index in [-0.39, 0.29) is 36.5 Å². The second kappa shape index (κ2) is 11.8. The van der Waals surface area contributed by atoms with E-state index in [2.05, 4.69) is 0 Å². The molecule has 2 aliphatic rings. The van der Waals surface area contributed by atoms with Crippen LogP contribution in [0.25, 0.3) is 11.1 Å². The molecule has 0 radical (unpaired) electrons. The molecule has 230 valence electrons. The van der Waals surface area contributed by atoms with Gasteiger partial charge in [-0.3, -0.25) is 4.79 Å². The number of benzene rings is 3. The number of ether oxygens (including phenoxy) is 4. The van der Waals surface area contributed by atoms with Crippen LogP contribution < -0.4 is 14.2 Å². The molecule has 3 aromatic carbocycles. The summed E-state index contributed by atoms with van der Waals surface area (Å²) < 4.78 is 62.0. The molecule has 0 N–H and O–H groups in total. The van der Waals surface area contributed by atoms with Gasteiger partial charge in [0.05, 0.1) is 32.5 Å². The molecule has 0 bridgehead atoms. The summed E-state index contributed by atoms with van der Waals surface area (Å²) in [6.07, 6.45) is 2.35. The van der Waals surface area contributed by atoms with Gasteiger partial charge in [0, 0.05) is 34.8 Å². The minimum atomic E-state index is -3.13. The van der Waals surface area contributed by atoms with Gasteiger partial charge in [0.1, 0.15) is 39.0 Å². The van der Waals surface area contributed by atoms with Crippen molar-refractivity contribution in [2.75, 3.05) is 32.3 Å². The van der Waals surface area contributed by atoms with Crippen LogP contribution in [-0.2, 0) is 25.8 Å². The predicted octanol–water partition coefficient (Wildman–Crippen LogP) is 6.66. The second-order valence-corrected chi connectivity index (χ2v) is 14.7. The summed E-state index contributed by atoms with van der Waals surface area (Å²) in [5.74, 6) is 1.34. The molecule has 0 saturated carbocycles. The normalized spacial score (nSPS) is 17.7. The molecule has 3 aromatic rings. The third kappa shape index (κ3) is 6.82. The van der Waals surface area contributed by atoms with Crippen LogP contribution in [0.1, 0.15) is 66.5 Å². The maximum atomic E-state index is 15.3. The Morgan fingerprint density at radius 2 is 1.79 bits per heavy atom. The first-order chi connectivity index (χ1) is 20.2. The van der Waals surface area contributed by atoms with Gasteiger partial charge in [0.2, 0.25) is 0 Å². The van der Waals surface area contributed by atoms with E-state index in [0.29, 0.717) is 42.3 Å². The Kier molecular flexibility index (Phi) is 8.49. The van der Waals surface area contributed by atoms with E-state index < -0.39 is 21.4 Å². The number of hydrogen-bond acceptors (Lipinski definition) is 7. The largest absolute Gasteiger partial charge is 0.493 e. The van der Waals surface area contributed by atoms with Crippen LogP contribution in [0.4, 0.5) is 4.39 Å². The van der Waals surface area contributed by atoms with E-state index in [0.717, 1.165) is 33.4 Å². The van der Waals surface area contributed by atoms with Gasteiger partial charge in [0.25, 0.3) is 0 Å². The number of carbonyl (C=O) groups is 1. The van der Waals surface area contributed by atoms with E-state index >= 15 is 4.39 Å². The van der Waals surface area contributed by atoms with Crippen LogP contribution in [0.15, 0.2) is 42.5 Å². The van der Waals surface area contributed by atoms with Gasteiger partial charge in [-0.1, -0.05) is 26.0 Å². The molecule has 0 aromatic heterocycles. The molecule has 0 spiro atoms. The fraction of sp³-hybridized carbons (Fsp3) is 0.441. The molecule has 1 aliphatic carbocycles. The molecule has 9 heteroatoms. The number of carbonyl (C=O) groups excluding carboxylic acids is 1. The minimum Gasteiger partial charge on any atom is -0.493 e. The number of methoxy groups -OCH3 is 1. The minimum absolute atomic E-state index is 0.0371. The van der Waals surface area contributed by atoms with Gasteiger partial charge in [-0.25, -0.2) is 12.8 Å². The SMILES string of the molecule is COC(=O)CC1COc2cc(O[C@@H]3CCc4c(-c5c(C)cc(OCC(C)(C)CS(C)(=O)=O)cc5C)ccc(F)c43)ccc21. The molecule has 0 fully saturated rings. The third-order valence-corrected chi connectivity index (χ3v) is 9.43. The Morgan fingerprint density at radius 1 is 1.07 bits per heavy atom. The van der Waals surface area contributed by atoms with Gasteiger partial charge >= 0.3 is 5.97 Å². The fourth-order valence-corrected chi connectivity index (χ4v) is 7.94. The molecular weight excluding hydrogens is 571 g/mol. The summed E-state index contributed by atoms with van der Waals surface area (Å²) in [4.78, 5) is 11.8. The van der Waals surface area contributed by atoms with Crippen molar-refractivity contribution in [3.63, 3.8) is 0 Å². The molecule has 7 nitrogen and oxygen atoms in total. The Labute approximate surface area is 253 Å². The van der Waals surface area contributed by atoms with Crippen LogP contribution >= 0.6 is 0 Å². The van der Waals surface area contributed by atoms with Crippen molar-refractivity contribution in [3.05, 3.63) is 76.1 Å². The highest BCUT2D eigenvalue weighted by Gasteiger charge is 2.32. The average molecular weight is 611 g/mol. The summed E-state index contributed by atoms with van der Waals surface area (Å²) in [5, 5.41) is 0. The van der Waals surface area contributed by atoms with Crippen LogP contribution in [0, 0.1) is 25.1 Å². The molecule has 0 saturated heterocycles. The number of rotatable bonds is 10. The maximum absolute atomic E-state index is 15.3. The summed E-state index contributed by atoms with van der Waals surface area (Å²) in [6, 6.07) is 12.8. The van der Waals surface area contributed by atoms with Gasteiger partial charge in [0.15, 0.2) is 0 Å². The third-order valence-electron chi connectivity index (χ3n) is 8.12. The van der Waals surface area contributed by atoms with Crippen LogP contribution in [-0.4, -0.2) is 46.7 Å². The Hall–Kier alpha value is -3.59. The van der Waals surface area contributed by atoms with Crippen molar-refractivity contribution < 1.29 is 36.6 Å². The van der Waals surface area contributed by atoms with Crippen molar-refractivity contribution in [2.24, 2.45) is 5.41 Å². The Morgan fingerprint density at radius 3 is 2.47 bits per heavy atom. The molecular formula is C34H39FO7S. The van der Waals surface area contributed by atoms with Crippen molar-refractivity contribution in [1.29, 1.82) is 0 Å². The first-order valence-corrected chi connectivity index (χ1v) is 16.5. The molecule has 0 amide bonds. The Bertz CT molecular complexity index is 1640. The summed E-state index contributed by atoms with van der Waals surface area (Å²) in [6.45, 7) is 8.43. The lowest BCUT2D eigenvalue weighted by Crippen LogP contribution is -2.29. The first kappa shape index (κ1) is 30.9. The van der Waals surface area contributed by atoms with Gasteiger partial charge in [-0.2, -0.15) is 0 Å². The maximum Gasteiger partial charge on any atom is 0.306 e. The molecule has 1 unspecified atom stereocenters. The summed E-state index contributed by atoms with van der Waals surface area (Å²) in [5.41, 5.74) is 5.91. The predicted molar refractivity (Wildman–Crippen MR) is 163 cm³/mol. The zero-order chi connectivity index (χ0) is 31.1. The fourth-order valence-electron chi connectivity index (χ4n) is 6.44. The number of sulfone groups is 1. The lowest BCUT2D eigenvalue weighted by molar-refractivity contribution is -0.141. The van der Waals surface area contributed by atoms with Gasteiger partial charge in [-0.05, 0) is 78.8 Å². The number of aryl methyl sites for hydroxylation is 2. The highest BCUT2D eigenvalue weighted by Crippen LogP contribution is 2.45. The monoisotopic (exact) mass is 610 g/mol. The van der Waals surface area contributed by atoms with Crippen molar-refractivity contribution >= 4 is 15.8 Å². The molecule has 43 heavy (non-hydrogen) atoms. The zero-order valence-electron chi connectivity index (χ0n) is 25.6. The van der Waals surface area contributed by atoms with Crippen LogP contribution in [0.5, 0.6) is 17.2 Å². The van der Waals surface area contributed by atoms with E-state index in [9.17, 15) is 13.2 Å². The smallest absolute Gasteiger partial charge is 0.306 e. The van der Waals surface area contributed by atoms with Crippen LogP contribution in [0.3, 0.4) is 0 Å². The lowest BCUT2D eigenvalue weighted by Gasteiger charge is -2.24.